The van der Waals surface area contributed by atoms with Crippen LogP contribution in [0.25, 0.3) is 0 Å². The van der Waals surface area contributed by atoms with E-state index in [2.05, 4.69) is 0 Å². The molecule has 0 radical (unpaired) electrons. The summed E-state index contributed by atoms with van der Waals surface area (Å²) in [5.41, 5.74) is 0.900. The molecule has 62 valence electrons. The first-order valence-electron chi connectivity index (χ1n) is 3.70. The molecule has 0 spiro atoms. The van der Waals surface area contributed by atoms with Crippen molar-refractivity contribution in [3.63, 3.8) is 0 Å². The molecule has 0 unspecified atom stereocenters. The van der Waals surface area contributed by atoms with Gasteiger partial charge in [-0.1, -0.05) is 18.2 Å². The van der Waals surface area contributed by atoms with E-state index in [9.17, 15) is 4.79 Å². The van der Waals surface area contributed by atoms with Crippen LogP contribution in [0.4, 0.5) is 0 Å². The molecule has 3 heteroatoms. The molecule has 1 heterocycles. The maximum absolute atomic E-state index is 10.9. The Bertz CT molecular complexity index is 322. The average Bonchev–Trinajstić information content (AvgIpc) is 2.47. The first-order chi connectivity index (χ1) is 5.79. The predicted molar refractivity (Wildman–Crippen MR) is 45.5 cm³/mol. The van der Waals surface area contributed by atoms with Crippen LogP contribution in [0.5, 0.6) is 5.75 Å². The zero-order valence-corrected chi connectivity index (χ0v) is 7.04. The summed E-state index contributed by atoms with van der Waals surface area (Å²) in [6, 6.07) is 7.46. The molecule has 1 aromatic rings. The predicted octanol–water partition coefficient (Wildman–Crippen LogP) is 1.93. The van der Waals surface area contributed by atoms with Gasteiger partial charge in [0.2, 0.25) is 5.24 Å². The molecule has 1 aliphatic heterocycles. The highest BCUT2D eigenvalue weighted by molar-refractivity contribution is 6.64. The van der Waals surface area contributed by atoms with Gasteiger partial charge in [0.15, 0.2) is 0 Å². The van der Waals surface area contributed by atoms with Crippen LogP contribution in [0.1, 0.15) is 11.5 Å². The molecule has 0 bridgehead atoms. The fourth-order valence-corrected chi connectivity index (χ4v) is 1.53. The van der Waals surface area contributed by atoms with Crippen LogP contribution in [-0.2, 0) is 4.79 Å². The largest absolute Gasteiger partial charge is 0.492 e. The van der Waals surface area contributed by atoms with E-state index < -0.39 is 0 Å². The van der Waals surface area contributed by atoms with Gasteiger partial charge in [0.25, 0.3) is 0 Å². The molecular formula is C9H7ClO2. The lowest BCUT2D eigenvalue weighted by Gasteiger charge is -1.99. The number of hydrogen-bond acceptors (Lipinski definition) is 2. The summed E-state index contributed by atoms with van der Waals surface area (Å²) in [7, 11) is 0. The molecule has 1 atom stereocenters. The third-order valence-corrected chi connectivity index (χ3v) is 2.24. The van der Waals surface area contributed by atoms with Crippen LogP contribution in [-0.4, -0.2) is 11.8 Å². The summed E-state index contributed by atoms with van der Waals surface area (Å²) >= 11 is 5.39. The van der Waals surface area contributed by atoms with E-state index in [4.69, 9.17) is 16.3 Å². The smallest absolute Gasteiger partial charge is 0.232 e. The summed E-state index contributed by atoms with van der Waals surface area (Å²) < 4.78 is 5.27. The van der Waals surface area contributed by atoms with Crippen LogP contribution in [0.3, 0.4) is 0 Å². The van der Waals surface area contributed by atoms with Crippen LogP contribution in [0.15, 0.2) is 24.3 Å². The van der Waals surface area contributed by atoms with Gasteiger partial charge in [-0.3, -0.25) is 4.79 Å². The van der Waals surface area contributed by atoms with Crippen molar-refractivity contribution in [3.8, 4) is 5.75 Å². The van der Waals surface area contributed by atoms with Crippen molar-refractivity contribution in [2.24, 2.45) is 0 Å². The Morgan fingerprint density at radius 2 is 2.25 bits per heavy atom. The Morgan fingerprint density at radius 3 is 3.00 bits per heavy atom. The fourth-order valence-electron chi connectivity index (χ4n) is 1.35. The van der Waals surface area contributed by atoms with E-state index >= 15 is 0 Å². The molecule has 0 saturated carbocycles. The second-order valence-corrected chi connectivity index (χ2v) is 3.08. The van der Waals surface area contributed by atoms with Crippen molar-refractivity contribution in [3.05, 3.63) is 29.8 Å². The highest BCUT2D eigenvalue weighted by Gasteiger charge is 2.28. The molecular weight excluding hydrogens is 176 g/mol. The van der Waals surface area contributed by atoms with Crippen molar-refractivity contribution < 1.29 is 9.53 Å². The molecule has 0 fully saturated rings. The molecule has 1 aromatic carbocycles. The average molecular weight is 183 g/mol. The van der Waals surface area contributed by atoms with Gasteiger partial charge in [-0.25, -0.2) is 0 Å². The Hall–Kier alpha value is -1.02. The molecule has 1 aliphatic rings. The first-order valence-corrected chi connectivity index (χ1v) is 4.08. The second kappa shape index (κ2) is 2.79. The van der Waals surface area contributed by atoms with Crippen molar-refractivity contribution in [2.75, 3.05) is 6.61 Å². The molecule has 2 rings (SSSR count). The van der Waals surface area contributed by atoms with Gasteiger partial charge in [-0.2, -0.15) is 0 Å². The van der Waals surface area contributed by atoms with E-state index in [0.29, 0.717) is 6.61 Å². The lowest BCUT2D eigenvalue weighted by atomic mass is 10.0. The van der Waals surface area contributed by atoms with E-state index in [1.54, 1.807) is 0 Å². The summed E-state index contributed by atoms with van der Waals surface area (Å²) in [6.45, 7) is 0.377. The number of hydrogen-bond donors (Lipinski definition) is 0. The van der Waals surface area contributed by atoms with E-state index in [0.717, 1.165) is 11.3 Å². The number of carbonyl (C=O) groups is 1. The van der Waals surface area contributed by atoms with E-state index in [1.807, 2.05) is 24.3 Å². The number of carbonyl (C=O) groups excluding carboxylic acids is 1. The number of ether oxygens (including phenoxy) is 1. The highest BCUT2D eigenvalue weighted by Crippen LogP contribution is 2.34. The summed E-state index contributed by atoms with van der Waals surface area (Å²) in [6.07, 6.45) is 0. The topological polar surface area (TPSA) is 26.3 Å². The van der Waals surface area contributed by atoms with Gasteiger partial charge in [0, 0.05) is 5.56 Å². The minimum atomic E-state index is -0.347. The van der Waals surface area contributed by atoms with Gasteiger partial charge in [0.05, 0.1) is 5.92 Å². The Labute approximate surface area is 75.1 Å². The first kappa shape index (κ1) is 7.62. The maximum atomic E-state index is 10.9. The number of para-hydroxylation sites is 1. The number of fused-ring (bicyclic) bond motifs is 1. The number of halogens is 1. The molecule has 0 N–H and O–H groups in total. The van der Waals surface area contributed by atoms with Gasteiger partial charge in [-0.15, -0.1) is 0 Å². The van der Waals surface area contributed by atoms with Crippen LogP contribution in [0, 0.1) is 0 Å². The Kier molecular flexibility index (Phi) is 1.77. The number of rotatable bonds is 1. The van der Waals surface area contributed by atoms with Gasteiger partial charge < -0.3 is 4.74 Å². The molecule has 12 heavy (non-hydrogen) atoms. The maximum Gasteiger partial charge on any atom is 0.232 e. The lowest BCUT2D eigenvalue weighted by Crippen LogP contribution is -2.07. The Balaban J connectivity index is 2.42. The summed E-state index contributed by atoms with van der Waals surface area (Å²) in [5, 5.41) is -0.347. The van der Waals surface area contributed by atoms with Crippen molar-refractivity contribution >= 4 is 16.8 Å². The third-order valence-electron chi connectivity index (χ3n) is 1.97. The third kappa shape index (κ3) is 1.08. The lowest BCUT2D eigenvalue weighted by molar-refractivity contribution is -0.113. The van der Waals surface area contributed by atoms with Gasteiger partial charge in [-0.05, 0) is 17.7 Å². The van der Waals surface area contributed by atoms with Crippen molar-refractivity contribution in [1.82, 2.24) is 0 Å². The highest BCUT2D eigenvalue weighted by atomic mass is 35.5. The minimum absolute atomic E-state index is 0.275. The van der Waals surface area contributed by atoms with Crippen molar-refractivity contribution in [1.29, 1.82) is 0 Å². The van der Waals surface area contributed by atoms with E-state index in [1.165, 1.54) is 0 Å². The minimum Gasteiger partial charge on any atom is -0.492 e. The fraction of sp³-hybridized carbons (Fsp3) is 0.222. The quantitative estimate of drug-likeness (QED) is 0.621. The van der Waals surface area contributed by atoms with E-state index in [-0.39, 0.29) is 11.2 Å². The van der Waals surface area contributed by atoms with Crippen molar-refractivity contribution in [2.45, 2.75) is 5.92 Å². The second-order valence-electron chi connectivity index (χ2n) is 2.71. The molecule has 0 aliphatic carbocycles. The molecule has 2 nitrogen and oxygen atoms in total. The normalized spacial score (nSPS) is 19.9. The summed E-state index contributed by atoms with van der Waals surface area (Å²) in [4.78, 5) is 10.9. The van der Waals surface area contributed by atoms with Gasteiger partial charge >= 0.3 is 0 Å². The van der Waals surface area contributed by atoms with Crippen LogP contribution in [0.2, 0.25) is 0 Å². The SMILES string of the molecule is O=C(Cl)[C@@H]1COc2ccccc21. The van der Waals surface area contributed by atoms with Gasteiger partial charge in [0.1, 0.15) is 12.4 Å². The number of benzene rings is 1. The standard InChI is InChI=1S/C9H7ClO2/c10-9(11)7-5-12-8-4-2-1-3-6(7)8/h1-4,7H,5H2/t7-/m1/s1. The Morgan fingerprint density at radius 1 is 1.50 bits per heavy atom. The summed E-state index contributed by atoms with van der Waals surface area (Å²) in [5.74, 6) is 0.499. The zero-order chi connectivity index (χ0) is 8.55. The molecule has 0 aromatic heterocycles. The zero-order valence-electron chi connectivity index (χ0n) is 6.29. The van der Waals surface area contributed by atoms with Crippen LogP contribution >= 0.6 is 11.6 Å². The van der Waals surface area contributed by atoms with Crippen LogP contribution < -0.4 is 4.74 Å². The monoisotopic (exact) mass is 182 g/mol. The molecule has 0 amide bonds. The molecule has 0 saturated heterocycles.